The normalized spacial score (nSPS) is 30.4. The van der Waals surface area contributed by atoms with E-state index < -0.39 is 16.9 Å². The van der Waals surface area contributed by atoms with E-state index >= 15 is 0 Å². The van der Waals surface area contributed by atoms with Crippen molar-refractivity contribution in [2.24, 2.45) is 28.4 Å². The molecule has 0 spiro atoms. The highest BCUT2D eigenvalue weighted by Gasteiger charge is 2.60. The van der Waals surface area contributed by atoms with Crippen LogP contribution < -0.4 is 25.9 Å². The first-order valence-corrected chi connectivity index (χ1v) is 15.1. The number of anilines is 2. The Morgan fingerprint density at radius 2 is 1.93 bits per heavy atom. The van der Waals surface area contributed by atoms with Crippen molar-refractivity contribution in [2.45, 2.75) is 44.9 Å². The first-order valence-electron chi connectivity index (χ1n) is 13.8. The highest BCUT2D eigenvalue weighted by atomic mass is 35.5. The molecule has 11 nitrogen and oxygen atoms in total. The maximum Gasteiger partial charge on any atom is 0.529 e. The quantitative estimate of drug-likeness (QED) is 0.308. The van der Waals surface area contributed by atoms with Gasteiger partial charge in [0, 0.05) is 38.3 Å². The molecule has 1 aromatic carbocycles. The van der Waals surface area contributed by atoms with Crippen molar-refractivity contribution in [1.29, 1.82) is 0 Å². The van der Waals surface area contributed by atoms with Gasteiger partial charge in [-0.2, -0.15) is 14.8 Å². The van der Waals surface area contributed by atoms with Crippen molar-refractivity contribution in [2.75, 3.05) is 36.1 Å². The minimum atomic E-state index is -1.22. The summed E-state index contributed by atoms with van der Waals surface area (Å²) in [6.07, 6.45) is 3.02. The molecule has 40 heavy (non-hydrogen) atoms. The maximum absolute atomic E-state index is 13.2. The average Bonchev–Trinajstić information content (AvgIpc) is 3.73. The van der Waals surface area contributed by atoms with E-state index in [1.165, 1.54) is 42.0 Å². The number of aryl methyl sites for hydroxylation is 1. The molecule has 2 bridgehead atoms. The second kappa shape index (κ2) is 9.52. The van der Waals surface area contributed by atoms with E-state index in [0.29, 0.717) is 27.8 Å². The van der Waals surface area contributed by atoms with Crippen LogP contribution in [0.15, 0.2) is 34.7 Å². The molecule has 1 amide bonds. The van der Waals surface area contributed by atoms with Crippen molar-refractivity contribution in [1.82, 2.24) is 19.4 Å². The smallest absolute Gasteiger partial charge is 0.435 e. The summed E-state index contributed by atoms with van der Waals surface area (Å²) >= 11 is 7.70. The number of hydrogen-bond acceptors (Lipinski definition) is 10. The molecule has 7 rings (SSSR count). The number of halogens is 1. The van der Waals surface area contributed by atoms with Gasteiger partial charge in [0.05, 0.1) is 10.2 Å². The Balaban J connectivity index is 1.23. The van der Waals surface area contributed by atoms with E-state index in [0.717, 1.165) is 49.3 Å². The van der Waals surface area contributed by atoms with Crippen LogP contribution in [-0.4, -0.2) is 70.5 Å². The second-order valence-electron chi connectivity index (χ2n) is 11.4. The van der Waals surface area contributed by atoms with Crippen LogP contribution in [0.25, 0.3) is 10.2 Å². The number of thiophene rings is 1. The lowest BCUT2D eigenvalue weighted by atomic mass is 9.93. The summed E-state index contributed by atoms with van der Waals surface area (Å²) in [7, 11) is 0. The van der Waals surface area contributed by atoms with Gasteiger partial charge in [0.1, 0.15) is 5.69 Å². The topological polar surface area (TPSA) is 137 Å². The molecule has 5 N–H and O–H groups in total. The molecule has 2 unspecified atom stereocenters. The van der Waals surface area contributed by atoms with Gasteiger partial charge in [0.25, 0.3) is 6.29 Å². The number of benzene rings is 1. The number of nitrogens with two attached hydrogens (primary N) is 2. The Morgan fingerprint density at radius 3 is 2.62 bits per heavy atom. The van der Waals surface area contributed by atoms with Gasteiger partial charge in [-0.05, 0) is 66.6 Å². The van der Waals surface area contributed by atoms with Gasteiger partial charge < -0.3 is 15.7 Å². The number of aromatic nitrogens is 2. The summed E-state index contributed by atoms with van der Waals surface area (Å²) in [6, 6.07) is 8.17. The average molecular weight is 583 g/mol. The van der Waals surface area contributed by atoms with E-state index in [2.05, 4.69) is 24.9 Å². The molecule has 210 valence electrons. The van der Waals surface area contributed by atoms with Gasteiger partial charge in [-0.1, -0.05) is 28.1 Å². The zero-order valence-electron chi connectivity index (χ0n) is 22.3. The van der Waals surface area contributed by atoms with Crippen LogP contribution in [0.1, 0.15) is 31.2 Å². The number of hydrogen-bond donors (Lipinski definition) is 3. The summed E-state index contributed by atoms with van der Waals surface area (Å²) in [4.78, 5) is 26.9. The number of fused-ring (bicyclic) bond motifs is 3. The standard InChI is InChI=1S/C27H32ClN9O2S/c1-15-14-40-22-21(15)31-24(28)32-23(22)36-26(30)37(27(38)39,25(29)33-36)20-5-3-2-4-18(20)34-8-10-35(11-9-34)19-13-16-6-7-17(19)12-16/h2-5,14,16-17,19,26H,6-13,30H2,1H3,(H2-,29,33,38,39)/p+1/t16-,17+,19+,26?,37?/m1/s1. The number of amides is 1. The molecule has 3 aromatic rings. The first kappa shape index (κ1) is 25.9. The molecule has 0 radical (unpaired) electrons. The van der Waals surface area contributed by atoms with Crippen LogP contribution in [-0.2, 0) is 0 Å². The Bertz CT molecular complexity index is 1520. The number of quaternary nitrogens is 1. The highest BCUT2D eigenvalue weighted by molar-refractivity contribution is 7.18. The molecule has 2 aliphatic heterocycles. The fourth-order valence-corrected chi connectivity index (χ4v) is 8.55. The molecule has 2 aliphatic carbocycles. The monoisotopic (exact) mass is 582 g/mol. The predicted octanol–water partition coefficient (Wildman–Crippen LogP) is 3.94. The van der Waals surface area contributed by atoms with E-state index in [4.69, 9.17) is 23.1 Å². The summed E-state index contributed by atoms with van der Waals surface area (Å²) < 4.78 is -0.153. The van der Waals surface area contributed by atoms with Gasteiger partial charge >= 0.3 is 12.1 Å². The van der Waals surface area contributed by atoms with Crippen molar-refractivity contribution in [3.8, 4) is 0 Å². The number of carbonyl (C=O) groups is 1. The van der Waals surface area contributed by atoms with E-state index in [1.807, 2.05) is 30.5 Å². The number of piperazine rings is 1. The van der Waals surface area contributed by atoms with Crippen molar-refractivity contribution in [3.05, 3.63) is 40.5 Å². The van der Waals surface area contributed by atoms with Gasteiger partial charge in [-0.15, -0.1) is 11.3 Å². The van der Waals surface area contributed by atoms with Crippen LogP contribution in [0.5, 0.6) is 0 Å². The van der Waals surface area contributed by atoms with Crippen LogP contribution >= 0.6 is 22.9 Å². The van der Waals surface area contributed by atoms with Crippen molar-refractivity contribution < 1.29 is 9.90 Å². The number of rotatable bonds is 4. The molecule has 2 saturated carbocycles. The SMILES string of the molecule is Cc1csc2c(N3N=C(N)[N+](C(=O)O)(c4ccccc4N4CCN([C@H]5C[C@@H]6CC[C@H]5C6)CC4)C3N)nc(Cl)nc12. The maximum atomic E-state index is 13.2. The van der Waals surface area contributed by atoms with Crippen LogP contribution in [0.3, 0.4) is 0 Å². The number of nitrogens with zero attached hydrogens (tertiary/aromatic N) is 7. The number of carboxylic acid groups (broad SMARTS) is 1. The zero-order chi connectivity index (χ0) is 27.8. The Hall–Kier alpha value is -3.03. The third-order valence-corrected chi connectivity index (χ3v) is 10.6. The van der Waals surface area contributed by atoms with Gasteiger partial charge in [0.15, 0.2) is 11.5 Å². The first-order chi connectivity index (χ1) is 19.3. The number of guanidine groups is 1. The van der Waals surface area contributed by atoms with Gasteiger partial charge in [-0.25, -0.2) is 4.98 Å². The molecule has 4 aliphatic rings. The van der Waals surface area contributed by atoms with E-state index in [9.17, 15) is 9.90 Å². The molecule has 2 aromatic heterocycles. The summed E-state index contributed by atoms with van der Waals surface area (Å²) in [5.41, 5.74) is 16.2. The minimum absolute atomic E-state index is 0.0269. The van der Waals surface area contributed by atoms with Crippen molar-refractivity contribution >= 4 is 62.4 Å². The van der Waals surface area contributed by atoms with E-state index in [-0.39, 0.29) is 11.2 Å². The van der Waals surface area contributed by atoms with Crippen LogP contribution in [0, 0.1) is 18.8 Å². The zero-order valence-corrected chi connectivity index (χ0v) is 23.9. The molecule has 5 atom stereocenters. The summed E-state index contributed by atoms with van der Waals surface area (Å²) in [5, 5.41) is 18.6. The lowest BCUT2D eigenvalue weighted by Gasteiger charge is -2.42. The fraction of sp³-hybridized carbons (Fsp3) is 0.481. The molecule has 3 fully saturated rings. The molecular weight excluding hydrogens is 550 g/mol. The molecule has 4 heterocycles. The molecular formula is C27H33ClN9O2S+. The van der Waals surface area contributed by atoms with Crippen molar-refractivity contribution in [3.63, 3.8) is 0 Å². The fourth-order valence-electron chi connectivity index (χ4n) is 7.42. The van der Waals surface area contributed by atoms with Gasteiger partial charge in [-0.3, -0.25) is 10.6 Å². The lowest BCUT2D eigenvalue weighted by molar-refractivity contribution is 0.134. The number of para-hydroxylation sites is 2. The van der Waals surface area contributed by atoms with Crippen LogP contribution in [0.2, 0.25) is 5.28 Å². The van der Waals surface area contributed by atoms with Crippen LogP contribution in [0.4, 0.5) is 22.0 Å². The Morgan fingerprint density at radius 1 is 1.15 bits per heavy atom. The summed E-state index contributed by atoms with van der Waals surface area (Å²) in [5.74, 6) is 1.92. The number of hydrazone groups is 1. The Kier molecular flexibility index (Phi) is 6.17. The lowest BCUT2D eigenvalue weighted by Crippen LogP contribution is -2.70. The molecule has 1 saturated heterocycles. The molecule has 13 heteroatoms. The van der Waals surface area contributed by atoms with E-state index in [1.54, 1.807) is 6.07 Å². The summed E-state index contributed by atoms with van der Waals surface area (Å²) in [6.45, 7) is 5.44. The Labute approximate surface area is 241 Å². The second-order valence-corrected chi connectivity index (χ2v) is 12.6. The largest absolute Gasteiger partial charge is 0.529 e. The van der Waals surface area contributed by atoms with Gasteiger partial charge in [0.2, 0.25) is 5.28 Å². The minimum Gasteiger partial charge on any atom is -0.435 e. The highest BCUT2D eigenvalue weighted by Crippen LogP contribution is 2.47. The predicted molar refractivity (Wildman–Crippen MR) is 159 cm³/mol. The third-order valence-electron chi connectivity index (χ3n) is 9.37. The third kappa shape index (κ3) is 3.73.